The zero-order chi connectivity index (χ0) is 46.6. The maximum absolute atomic E-state index is 14.0. The summed E-state index contributed by atoms with van der Waals surface area (Å²) in [6.45, 7) is 1.28. The van der Waals surface area contributed by atoms with Gasteiger partial charge in [-0.3, -0.25) is 38.7 Å². The van der Waals surface area contributed by atoms with Crippen LogP contribution < -0.4 is 19.1 Å². The van der Waals surface area contributed by atoms with Gasteiger partial charge in [0, 0.05) is 125 Å². The monoisotopic (exact) mass is 949 g/mol. The van der Waals surface area contributed by atoms with Gasteiger partial charge in [0.2, 0.25) is 17.7 Å². The van der Waals surface area contributed by atoms with Crippen molar-refractivity contribution >= 4 is 99.6 Å². The molecule has 4 aromatic rings. The second-order valence-corrected chi connectivity index (χ2v) is 18.2. The highest BCUT2D eigenvalue weighted by molar-refractivity contribution is 7.46. The molecule has 3 aliphatic heterocycles. The lowest BCUT2D eigenvalue weighted by Gasteiger charge is -2.23. The predicted octanol–water partition coefficient (Wildman–Crippen LogP) is 7.05. The fraction of sp³-hybridized carbons (Fsp3) is 0.391. The Morgan fingerprint density at radius 3 is 1.71 bits per heavy atom. The minimum absolute atomic E-state index is 0.00166. The maximum Gasteiger partial charge on any atom is 0.524 e. The van der Waals surface area contributed by atoms with E-state index >= 15 is 0 Å². The number of phosphoric acid groups is 1. The Balaban J connectivity index is 0.976. The molecule has 0 unspecified atom stereocenters. The van der Waals surface area contributed by atoms with E-state index in [-0.39, 0.29) is 116 Å². The molecule has 3 aliphatic rings. The minimum Gasteiger partial charge on any atom is -0.409 e. The second kappa shape index (κ2) is 20.3. The Hall–Kier alpha value is -5.51. The highest BCUT2D eigenvalue weighted by atomic mass is 35.5. The number of amides is 6. The summed E-state index contributed by atoms with van der Waals surface area (Å²) in [7, 11) is -1.70. The smallest absolute Gasteiger partial charge is 0.409 e. The van der Waals surface area contributed by atoms with Crippen LogP contribution in [0.5, 0.6) is 11.5 Å². The van der Waals surface area contributed by atoms with Gasteiger partial charge in [0.15, 0.2) is 0 Å². The molecular weight excluding hydrogens is 900 g/mol. The van der Waals surface area contributed by atoms with Crippen LogP contribution in [0.4, 0.5) is 16.2 Å². The molecular formula is C46H50Cl2N5O11P. The summed E-state index contributed by atoms with van der Waals surface area (Å²) in [5.41, 5.74) is 2.63. The summed E-state index contributed by atoms with van der Waals surface area (Å²) >= 11 is 12.9. The Kier molecular flexibility index (Phi) is 14.8. The van der Waals surface area contributed by atoms with E-state index < -0.39 is 13.9 Å². The molecule has 0 aliphatic carbocycles. The van der Waals surface area contributed by atoms with E-state index in [9.17, 15) is 43.1 Å². The highest BCUT2D eigenvalue weighted by Gasteiger charge is 2.37. The van der Waals surface area contributed by atoms with Gasteiger partial charge in [-0.15, -0.1) is 23.2 Å². The molecule has 0 saturated carbocycles. The van der Waals surface area contributed by atoms with Gasteiger partial charge < -0.3 is 28.9 Å². The van der Waals surface area contributed by atoms with Crippen molar-refractivity contribution in [3.8, 4) is 11.5 Å². The van der Waals surface area contributed by atoms with Gasteiger partial charge in [-0.1, -0.05) is 55.0 Å². The Labute approximate surface area is 385 Å². The molecule has 7 rings (SSSR count). The number of unbranched alkanes of at least 4 members (excludes halogenated alkanes) is 2. The van der Waals surface area contributed by atoms with Crippen LogP contribution in [-0.4, -0.2) is 119 Å². The number of anilines is 2. The van der Waals surface area contributed by atoms with Gasteiger partial charge in [0.25, 0.3) is 11.8 Å². The van der Waals surface area contributed by atoms with Gasteiger partial charge >= 0.3 is 13.9 Å². The fourth-order valence-corrected chi connectivity index (χ4v) is 9.66. The molecule has 4 aromatic carbocycles. The lowest BCUT2D eigenvalue weighted by atomic mass is 9.95. The molecule has 3 heterocycles. The molecule has 0 spiro atoms. The molecule has 0 radical (unpaired) electrons. The van der Waals surface area contributed by atoms with Gasteiger partial charge in [-0.05, 0) is 41.2 Å². The number of alkyl halides is 2. The number of hydrogen-bond acceptors (Lipinski definition) is 9. The van der Waals surface area contributed by atoms with E-state index in [0.29, 0.717) is 53.3 Å². The van der Waals surface area contributed by atoms with Crippen LogP contribution in [0.2, 0.25) is 0 Å². The van der Waals surface area contributed by atoms with Gasteiger partial charge in [0.05, 0.1) is 11.4 Å². The van der Waals surface area contributed by atoms with Crippen molar-refractivity contribution in [2.24, 2.45) is 0 Å². The SMILES string of the molecule is CN(CCN(C)C(=O)Oc1cc2c(c3ccccc13)[C@H](CCl)CN2C(=O)CCCC(=O)N1C[C@@H](CCl)c2c1cc(OP(=O)(O)O)c1ccccc21)C(=O)CCCCCN1C(=O)C=CC1=O. The van der Waals surface area contributed by atoms with E-state index in [0.717, 1.165) is 16.5 Å². The van der Waals surface area contributed by atoms with Crippen LogP contribution in [0.15, 0.2) is 72.8 Å². The number of likely N-dealkylation sites (N-methyl/N-ethyl adjacent to an activating group) is 2. The average molecular weight is 951 g/mol. The number of imide groups is 1. The van der Waals surface area contributed by atoms with Crippen LogP contribution in [-0.2, 0) is 28.5 Å². The molecule has 16 nitrogen and oxygen atoms in total. The average Bonchev–Trinajstić information content (AvgIpc) is 3.96. The third-order valence-electron chi connectivity index (χ3n) is 12.1. The Morgan fingerprint density at radius 1 is 0.692 bits per heavy atom. The van der Waals surface area contributed by atoms with Crippen molar-refractivity contribution in [3.05, 3.63) is 83.9 Å². The zero-order valence-corrected chi connectivity index (χ0v) is 38.4. The van der Waals surface area contributed by atoms with Crippen LogP contribution in [0.1, 0.15) is 67.9 Å². The molecule has 6 amide bonds. The number of nitrogens with zero attached hydrogens (tertiary/aromatic N) is 5. The number of phosphoric ester groups is 1. The fourth-order valence-electron chi connectivity index (χ4n) is 8.75. The minimum atomic E-state index is -4.93. The molecule has 2 atom stereocenters. The highest BCUT2D eigenvalue weighted by Crippen LogP contribution is 2.50. The van der Waals surface area contributed by atoms with Crippen molar-refractivity contribution in [2.45, 2.75) is 56.8 Å². The number of ether oxygens (including phenoxy) is 1. The summed E-state index contributed by atoms with van der Waals surface area (Å²) in [6.07, 6.45) is 4.17. The van der Waals surface area contributed by atoms with Crippen molar-refractivity contribution < 1.29 is 52.4 Å². The summed E-state index contributed by atoms with van der Waals surface area (Å²) in [4.78, 5) is 104. The first-order chi connectivity index (χ1) is 31.1. The largest absolute Gasteiger partial charge is 0.524 e. The molecule has 19 heteroatoms. The molecule has 0 fully saturated rings. The normalized spacial score (nSPS) is 16.7. The van der Waals surface area contributed by atoms with Crippen molar-refractivity contribution in [3.63, 3.8) is 0 Å². The number of carbonyl (C=O) groups excluding carboxylic acids is 6. The van der Waals surface area contributed by atoms with E-state index in [1.807, 2.05) is 24.3 Å². The number of halogens is 2. The second-order valence-electron chi connectivity index (χ2n) is 16.4. The van der Waals surface area contributed by atoms with E-state index in [2.05, 4.69) is 0 Å². The first-order valence-electron chi connectivity index (χ1n) is 21.4. The molecule has 344 valence electrons. The molecule has 2 N–H and O–H groups in total. The quantitative estimate of drug-likeness (QED) is 0.0449. The van der Waals surface area contributed by atoms with Crippen LogP contribution >= 0.6 is 31.0 Å². The van der Waals surface area contributed by atoms with Gasteiger partial charge in [-0.25, -0.2) is 9.36 Å². The third-order valence-corrected chi connectivity index (χ3v) is 13.3. The van der Waals surface area contributed by atoms with Gasteiger partial charge in [-0.2, -0.15) is 0 Å². The van der Waals surface area contributed by atoms with E-state index in [4.69, 9.17) is 32.5 Å². The summed E-state index contributed by atoms with van der Waals surface area (Å²) in [6, 6.07) is 17.5. The first-order valence-corrected chi connectivity index (χ1v) is 24.0. The topological polar surface area (TPSA) is 195 Å². The lowest BCUT2D eigenvalue weighted by molar-refractivity contribution is -0.137. The Bertz CT molecular complexity index is 2600. The maximum atomic E-state index is 14.0. The van der Waals surface area contributed by atoms with Crippen LogP contribution in [0.3, 0.4) is 0 Å². The molecule has 0 saturated heterocycles. The van der Waals surface area contributed by atoms with Crippen molar-refractivity contribution in [2.75, 3.05) is 68.4 Å². The number of hydrogen-bond donors (Lipinski definition) is 2. The standard InChI is InChI=1S/C46H50Cl2N5O11P/c1-49(39(54)15-4-3-9-20-51-42(57)18-19-43(51)58)21-22-50(2)46(59)63-37-23-35-44(33-13-7-5-11-31(33)37)29(25-47)27-52(35)40(55)16-10-17-41(56)53-28-30(26-48)45-34-14-8-6-12-32(34)38(24-36(45)53)64-65(60,61)62/h5-8,11-14,18-19,23-24,29-30H,3-4,9-10,15-17,20-22,25-28H2,1-2H3,(H2,60,61,62)/t29-,30-/m1/s1. The number of carbonyl (C=O) groups is 6. The summed E-state index contributed by atoms with van der Waals surface area (Å²) in [5.74, 6) is -1.14. The molecule has 0 bridgehead atoms. The predicted molar refractivity (Wildman–Crippen MR) is 247 cm³/mol. The van der Waals surface area contributed by atoms with E-state index in [1.54, 1.807) is 54.2 Å². The zero-order valence-electron chi connectivity index (χ0n) is 36.0. The lowest BCUT2D eigenvalue weighted by Crippen LogP contribution is -2.38. The third kappa shape index (κ3) is 10.5. The number of benzene rings is 4. The van der Waals surface area contributed by atoms with E-state index in [1.165, 1.54) is 32.9 Å². The number of rotatable bonds is 18. The molecule has 65 heavy (non-hydrogen) atoms. The first kappa shape index (κ1) is 47.5. The van der Waals surface area contributed by atoms with Crippen molar-refractivity contribution in [1.29, 1.82) is 0 Å². The molecule has 0 aromatic heterocycles. The Morgan fingerprint density at radius 2 is 1.18 bits per heavy atom. The number of fused-ring (bicyclic) bond motifs is 6. The van der Waals surface area contributed by atoms with Gasteiger partial charge in [0.1, 0.15) is 11.5 Å². The van der Waals surface area contributed by atoms with Crippen LogP contribution in [0.25, 0.3) is 21.5 Å². The summed E-state index contributed by atoms with van der Waals surface area (Å²) < 4.78 is 22.9. The summed E-state index contributed by atoms with van der Waals surface area (Å²) in [5, 5.41) is 2.59. The van der Waals surface area contributed by atoms with Crippen LogP contribution in [0, 0.1) is 0 Å². The van der Waals surface area contributed by atoms with Crippen molar-refractivity contribution in [1.82, 2.24) is 14.7 Å².